The van der Waals surface area contributed by atoms with Crippen molar-refractivity contribution in [3.8, 4) is 0 Å². The highest BCUT2D eigenvalue weighted by Gasteiger charge is 2.28. The molecule has 146 valence electrons. The van der Waals surface area contributed by atoms with Gasteiger partial charge >= 0.3 is 0 Å². The second-order valence-electron chi connectivity index (χ2n) is 7.34. The van der Waals surface area contributed by atoms with E-state index in [2.05, 4.69) is 27.2 Å². The van der Waals surface area contributed by atoms with Gasteiger partial charge in [-0.05, 0) is 23.6 Å². The van der Waals surface area contributed by atoms with Crippen molar-refractivity contribution in [3.63, 3.8) is 0 Å². The summed E-state index contributed by atoms with van der Waals surface area (Å²) in [5, 5.41) is 4.51. The summed E-state index contributed by atoms with van der Waals surface area (Å²) in [6.07, 6.45) is 5.30. The zero-order valence-corrected chi connectivity index (χ0v) is 15.9. The Hall–Kier alpha value is -3.55. The fourth-order valence-corrected chi connectivity index (χ4v) is 3.97. The summed E-state index contributed by atoms with van der Waals surface area (Å²) in [7, 11) is 0. The van der Waals surface area contributed by atoms with Gasteiger partial charge < -0.3 is 9.80 Å². The molecule has 5 rings (SSSR count). The van der Waals surface area contributed by atoms with Crippen LogP contribution in [-0.2, 0) is 26.1 Å². The molecule has 0 fully saturated rings. The monoisotopic (exact) mass is 388 g/mol. The third-order valence-electron chi connectivity index (χ3n) is 5.53. The van der Waals surface area contributed by atoms with E-state index in [1.807, 2.05) is 27.8 Å². The van der Waals surface area contributed by atoms with E-state index < -0.39 is 0 Å². The number of aromatic nitrogens is 4. The predicted molar refractivity (Wildman–Crippen MR) is 104 cm³/mol. The molecule has 2 aliphatic heterocycles. The average Bonchev–Trinajstić information content (AvgIpc) is 3.21. The van der Waals surface area contributed by atoms with E-state index in [1.165, 1.54) is 29.8 Å². The van der Waals surface area contributed by atoms with Gasteiger partial charge in [0.2, 0.25) is 0 Å². The van der Waals surface area contributed by atoms with Crippen molar-refractivity contribution in [2.75, 3.05) is 13.1 Å². The Labute approximate surface area is 167 Å². The molecule has 2 aliphatic rings. The summed E-state index contributed by atoms with van der Waals surface area (Å²) < 4.78 is 1.83. The number of rotatable bonds is 2. The second kappa shape index (κ2) is 7.12. The van der Waals surface area contributed by atoms with Crippen molar-refractivity contribution in [3.05, 3.63) is 77.1 Å². The van der Waals surface area contributed by atoms with Crippen LogP contribution in [-0.4, -0.2) is 54.5 Å². The van der Waals surface area contributed by atoms with Crippen LogP contribution in [0.25, 0.3) is 0 Å². The third kappa shape index (κ3) is 3.26. The third-order valence-corrected chi connectivity index (χ3v) is 5.53. The minimum absolute atomic E-state index is 0.0595. The van der Waals surface area contributed by atoms with E-state index in [4.69, 9.17) is 0 Å². The Balaban J connectivity index is 1.32. The van der Waals surface area contributed by atoms with Crippen molar-refractivity contribution in [2.24, 2.45) is 0 Å². The highest BCUT2D eigenvalue weighted by atomic mass is 16.2. The predicted octanol–water partition coefficient (Wildman–Crippen LogP) is 1.53. The number of nitrogens with zero attached hydrogens (tertiary/aromatic N) is 6. The number of hydrogen-bond donors (Lipinski definition) is 0. The first-order valence-electron chi connectivity index (χ1n) is 9.66. The second-order valence-corrected chi connectivity index (χ2v) is 7.34. The molecule has 0 aliphatic carbocycles. The van der Waals surface area contributed by atoms with E-state index >= 15 is 0 Å². The van der Waals surface area contributed by atoms with Gasteiger partial charge in [0, 0.05) is 32.0 Å². The molecule has 0 spiro atoms. The van der Waals surface area contributed by atoms with Crippen molar-refractivity contribution in [1.82, 2.24) is 29.5 Å². The Morgan fingerprint density at radius 1 is 0.862 bits per heavy atom. The zero-order valence-electron chi connectivity index (χ0n) is 15.9. The molecular formula is C21H20N6O2. The van der Waals surface area contributed by atoms with Gasteiger partial charge in [-0.1, -0.05) is 24.3 Å². The number of fused-ring (bicyclic) bond motifs is 2. The number of carbonyl (C=O) groups is 2. The first kappa shape index (κ1) is 17.5. The van der Waals surface area contributed by atoms with Crippen molar-refractivity contribution in [1.29, 1.82) is 0 Å². The maximum atomic E-state index is 13.0. The van der Waals surface area contributed by atoms with Gasteiger partial charge in [-0.25, -0.2) is 9.97 Å². The minimum atomic E-state index is -0.112. The normalized spacial score (nSPS) is 15.6. The highest BCUT2D eigenvalue weighted by Crippen LogP contribution is 2.22. The fourth-order valence-electron chi connectivity index (χ4n) is 3.97. The largest absolute Gasteiger partial charge is 0.333 e. The fraction of sp³-hybridized carbons (Fsp3) is 0.286. The van der Waals surface area contributed by atoms with Crippen molar-refractivity contribution in [2.45, 2.75) is 26.1 Å². The van der Waals surface area contributed by atoms with Gasteiger partial charge in [-0.15, -0.1) is 0 Å². The van der Waals surface area contributed by atoms with Crippen LogP contribution in [0.15, 0.2) is 49.1 Å². The summed E-state index contributed by atoms with van der Waals surface area (Å²) in [6.45, 7) is 2.81. The van der Waals surface area contributed by atoms with Crippen LogP contribution >= 0.6 is 0 Å². The van der Waals surface area contributed by atoms with Gasteiger partial charge in [0.25, 0.3) is 11.8 Å². The summed E-state index contributed by atoms with van der Waals surface area (Å²) in [4.78, 5) is 37.1. The van der Waals surface area contributed by atoms with Gasteiger partial charge in [0.05, 0.1) is 24.3 Å². The SMILES string of the molecule is O=C(c1cncnc1)N1CCn2nc(C(=O)N3CCc4ccccc4C3)cc2C1. The molecule has 2 aromatic heterocycles. The molecule has 0 saturated heterocycles. The quantitative estimate of drug-likeness (QED) is 0.665. The molecule has 8 nitrogen and oxygen atoms in total. The Bertz CT molecular complexity index is 1080. The maximum absolute atomic E-state index is 13.0. The van der Waals surface area contributed by atoms with Crippen LogP contribution in [0.4, 0.5) is 0 Å². The molecule has 2 amide bonds. The van der Waals surface area contributed by atoms with Gasteiger partial charge in [-0.2, -0.15) is 5.10 Å². The van der Waals surface area contributed by atoms with Gasteiger partial charge in [-0.3, -0.25) is 14.3 Å². The lowest BCUT2D eigenvalue weighted by Crippen LogP contribution is -2.38. The standard InChI is InChI=1S/C21H20N6O2/c28-20(17-10-22-14-23-11-17)26-7-8-27-18(13-26)9-19(24-27)21(29)25-6-5-15-3-1-2-4-16(15)12-25/h1-4,9-11,14H,5-8,12-13H2. The Morgan fingerprint density at radius 3 is 2.45 bits per heavy atom. The molecule has 0 atom stereocenters. The van der Waals surface area contributed by atoms with E-state index in [0.29, 0.717) is 44.0 Å². The molecule has 29 heavy (non-hydrogen) atoms. The summed E-state index contributed by atoms with van der Waals surface area (Å²) in [5.41, 5.74) is 4.26. The number of amides is 2. The molecule has 0 N–H and O–H groups in total. The molecule has 0 saturated carbocycles. The lowest BCUT2D eigenvalue weighted by atomic mass is 10.00. The van der Waals surface area contributed by atoms with E-state index in [1.54, 1.807) is 4.90 Å². The molecule has 1 aromatic carbocycles. The highest BCUT2D eigenvalue weighted by molar-refractivity contribution is 5.94. The number of benzene rings is 1. The topological polar surface area (TPSA) is 84.2 Å². The smallest absolute Gasteiger partial charge is 0.274 e. The maximum Gasteiger partial charge on any atom is 0.274 e. The van der Waals surface area contributed by atoms with Crippen LogP contribution in [0.3, 0.4) is 0 Å². The van der Waals surface area contributed by atoms with Crippen LogP contribution in [0.5, 0.6) is 0 Å². The molecule has 3 aromatic rings. The Kier molecular flexibility index (Phi) is 4.31. The first-order valence-corrected chi connectivity index (χ1v) is 9.66. The molecule has 8 heteroatoms. The Morgan fingerprint density at radius 2 is 1.62 bits per heavy atom. The molecular weight excluding hydrogens is 368 g/mol. The molecule has 4 heterocycles. The van der Waals surface area contributed by atoms with E-state index in [9.17, 15) is 9.59 Å². The van der Waals surface area contributed by atoms with Gasteiger partial charge in [0.15, 0.2) is 5.69 Å². The van der Waals surface area contributed by atoms with Crippen molar-refractivity contribution < 1.29 is 9.59 Å². The van der Waals surface area contributed by atoms with E-state index in [-0.39, 0.29) is 11.8 Å². The molecule has 0 unspecified atom stereocenters. The van der Waals surface area contributed by atoms with Crippen LogP contribution < -0.4 is 0 Å². The van der Waals surface area contributed by atoms with Crippen molar-refractivity contribution >= 4 is 11.8 Å². The van der Waals surface area contributed by atoms with Crippen LogP contribution in [0.2, 0.25) is 0 Å². The molecule has 0 bridgehead atoms. The summed E-state index contributed by atoms with van der Waals surface area (Å²) in [6, 6.07) is 10.0. The average molecular weight is 388 g/mol. The molecule has 0 radical (unpaired) electrons. The summed E-state index contributed by atoms with van der Waals surface area (Å²) in [5.74, 6) is -0.172. The minimum Gasteiger partial charge on any atom is -0.333 e. The van der Waals surface area contributed by atoms with Gasteiger partial charge in [0.1, 0.15) is 6.33 Å². The zero-order chi connectivity index (χ0) is 19.8. The first-order chi connectivity index (χ1) is 14.2. The lowest BCUT2D eigenvalue weighted by molar-refractivity contribution is 0.0698. The van der Waals surface area contributed by atoms with Crippen LogP contribution in [0, 0.1) is 0 Å². The number of hydrogen-bond acceptors (Lipinski definition) is 5. The summed E-state index contributed by atoms with van der Waals surface area (Å²) >= 11 is 0. The van der Waals surface area contributed by atoms with E-state index in [0.717, 1.165) is 12.1 Å². The lowest BCUT2D eigenvalue weighted by Gasteiger charge is -2.28. The number of carbonyl (C=O) groups excluding carboxylic acids is 2. The van der Waals surface area contributed by atoms with Crippen LogP contribution in [0.1, 0.15) is 37.7 Å².